The molecule has 0 heterocycles. The fourth-order valence-electron chi connectivity index (χ4n) is 2.01. The Kier molecular flexibility index (Phi) is 5.95. The van der Waals surface area contributed by atoms with Gasteiger partial charge < -0.3 is 5.73 Å². The molecule has 2 N–H and O–H groups in total. The molecule has 17 heavy (non-hydrogen) atoms. The Balaban J connectivity index is 2.56. The normalized spacial score (nSPS) is 10.8. The van der Waals surface area contributed by atoms with E-state index in [1.54, 1.807) is 0 Å². The number of hydrogen-bond donors (Lipinski definition) is 1. The van der Waals surface area contributed by atoms with Crippen LogP contribution in [0.1, 0.15) is 25.0 Å². The summed E-state index contributed by atoms with van der Waals surface area (Å²) in [6.45, 7) is 12.0. The Bertz CT molecular complexity index is 358. The Hall–Kier alpha value is -1.12. The molecule has 0 radical (unpaired) electrons. The minimum atomic E-state index is 0.628. The van der Waals surface area contributed by atoms with Crippen molar-refractivity contribution in [3.05, 3.63) is 47.5 Å². The van der Waals surface area contributed by atoms with Gasteiger partial charge in [-0.2, -0.15) is 0 Å². The summed E-state index contributed by atoms with van der Waals surface area (Å²) >= 11 is 0. The Morgan fingerprint density at radius 1 is 1.29 bits per heavy atom. The van der Waals surface area contributed by atoms with Crippen molar-refractivity contribution >= 4 is 0 Å². The molecule has 1 aromatic carbocycles. The Labute approximate surface area is 105 Å². The van der Waals surface area contributed by atoms with E-state index in [-0.39, 0.29) is 0 Å². The van der Waals surface area contributed by atoms with Crippen LogP contribution in [-0.4, -0.2) is 24.5 Å². The van der Waals surface area contributed by atoms with Crippen LogP contribution < -0.4 is 5.73 Å². The first-order valence-electron chi connectivity index (χ1n) is 6.31. The van der Waals surface area contributed by atoms with Crippen LogP contribution in [0.5, 0.6) is 0 Å². The number of rotatable bonds is 7. The average molecular weight is 232 g/mol. The van der Waals surface area contributed by atoms with Crippen LogP contribution in [0, 0.1) is 0 Å². The van der Waals surface area contributed by atoms with Gasteiger partial charge in [-0.3, -0.25) is 4.90 Å². The summed E-state index contributed by atoms with van der Waals surface area (Å²) in [4.78, 5) is 2.41. The van der Waals surface area contributed by atoms with Crippen molar-refractivity contribution in [3.8, 4) is 0 Å². The topological polar surface area (TPSA) is 29.3 Å². The average Bonchev–Trinajstić information content (AvgIpc) is 2.34. The lowest BCUT2D eigenvalue weighted by Gasteiger charge is -2.21. The van der Waals surface area contributed by atoms with Crippen molar-refractivity contribution < 1.29 is 0 Å². The maximum absolute atomic E-state index is 5.74. The third-order valence-corrected chi connectivity index (χ3v) is 2.98. The molecule has 0 aliphatic heterocycles. The minimum absolute atomic E-state index is 0.628. The zero-order valence-corrected chi connectivity index (χ0v) is 11.1. The number of nitrogens with zero attached hydrogens (tertiary/aromatic N) is 1. The molecule has 0 spiro atoms. The number of hydrogen-bond acceptors (Lipinski definition) is 2. The first-order valence-corrected chi connectivity index (χ1v) is 6.31. The molecule has 2 heteroatoms. The van der Waals surface area contributed by atoms with Crippen molar-refractivity contribution in [1.82, 2.24) is 4.90 Å². The molecule has 0 fully saturated rings. The molecule has 0 saturated carbocycles. The van der Waals surface area contributed by atoms with Crippen LogP contribution in [0.3, 0.4) is 0 Å². The molecule has 0 aliphatic rings. The van der Waals surface area contributed by atoms with E-state index in [0.717, 1.165) is 26.1 Å². The highest BCUT2D eigenvalue weighted by molar-refractivity contribution is 5.27. The molecule has 2 nitrogen and oxygen atoms in total. The van der Waals surface area contributed by atoms with Gasteiger partial charge in [0.1, 0.15) is 0 Å². The molecule has 0 atom stereocenters. The van der Waals surface area contributed by atoms with Crippen LogP contribution in [-0.2, 0) is 13.0 Å². The van der Waals surface area contributed by atoms with E-state index in [1.165, 1.54) is 16.7 Å². The summed E-state index contributed by atoms with van der Waals surface area (Å²) in [5.74, 6) is 0. The van der Waals surface area contributed by atoms with Crippen molar-refractivity contribution in [3.63, 3.8) is 0 Å². The molecule has 0 unspecified atom stereocenters. The fraction of sp³-hybridized carbons (Fsp3) is 0.467. The highest BCUT2D eigenvalue weighted by atomic mass is 15.1. The smallest absolute Gasteiger partial charge is 0.0187 e. The van der Waals surface area contributed by atoms with Gasteiger partial charge in [0.05, 0.1) is 0 Å². The third-order valence-electron chi connectivity index (χ3n) is 2.98. The standard InChI is InChI=1S/C15H24N2/c1-4-17(12-13(2)3)10-9-14-7-5-6-8-15(14)11-16/h5-8H,2,4,9-12,16H2,1,3H3. The van der Waals surface area contributed by atoms with Gasteiger partial charge in [0.2, 0.25) is 0 Å². The van der Waals surface area contributed by atoms with Crippen LogP contribution in [0.4, 0.5) is 0 Å². The van der Waals surface area contributed by atoms with E-state index in [0.29, 0.717) is 6.54 Å². The van der Waals surface area contributed by atoms with E-state index >= 15 is 0 Å². The quantitative estimate of drug-likeness (QED) is 0.732. The molecule has 0 amide bonds. The van der Waals surface area contributed by atoms with Crippen LogP contribution in [0.25, 0.3) is 0 Å². The first-order chi connectivity index (χ1) is 8.17. The van der Waals surface area contributed by atoms with E-state index in [1.807, 2.05) is 0 Å². The first kappa shape index (κ1) is 13.9. The lowest BCUT2D eigenvalue weighted by atomic mass is 10.0. The fourth-order valence-corrected chi connectivity index (χ4v) is 2.01. The van der Waals surface area contributed by atoms with Crippen LogP contribution >= 0.6 is 0 Å². The zero-order valence-electron chi connectivity index (χ0n) is 11.1. The van der Waals surface area contributed by atoms with Gasteiger partial charge in [0.25, 0.3) is 0 Å². The second-order valence-electron chi connectivity index (χ2n) is 4.55. The number of likely N-dealkylation sites (N-methyl/N-ethyl adjacent to an activating group) is 1. The van der Waals surface area contributed by atoms with Gasteiger partial charge in [-0.1, -0.05) is 43.3 Å². The molecule has 0 saturated heterocycles. The Morgan fingerprint density at radius 3 is 2.47 bits per heavy atom. The van der Waals surface area contributed by atoms with E-state index in [4.69, 9.17) is 5.73 Å². The van der Waals surface area contributed by atoms with Gasteiger partial charge in [-0.25, -0.2) is 0 Å². The molecular formula is C15H24N2. The number of nitrogens with two attached hydrogens (primary N) is 1. The Morgan fingerprint density at radius 2 is 1.94 bits per heavy atom. The third kappa shape index (κ3) is 4.72. The molecule has 1 aromatic rings. The van der Waals surface area contributed by atoms with Gasteiger partial charge in [0, 0.05) is 19.6 Å². The summed E-state index contributed by atoms with van der Waals surface area (Å²) in [5.41, 5.74) is 9.60. The maximum Gasteiger partial charge on any atom is 0.0187 e. The molecule has 0 aromatic heterocycles. The summed E-state index contributed by atoms with van der Waals surface area (Å²) in [5, 5.41) is 0. The molecule has 94 valence electrons. The van der Waals surface area contributed by atoms with Gasteiger partial charge in [-0.05, 0) is 31.0 Å². The van der Waals surface area contributed by atoms with E-state index < -0.39 is 0 Å². The lowest BCUT2D eigenvalue weighted by molar-refractivity contribution is 0.316. The predicted octanol–water partition coefficient (Wildman–Crippen LogP) is 2.59. The van der Waals surface area contributed by atoms with E-state index in [9.17, 15) is 0 Å². The summed E-state index contributed by atoms with van der Waals surface area (Å²) in [6, 6.07) is 8.43. The highest BCUT2D eigenvalue weighted by Gasteiger charge is 2.05. The number of benzene rings is 1. The summed E-state index contributed by atoms with van der Waals surface area (Å²) < 4.78 is 0. The largest absolute Gasteiger partial charge is 0.326 e. The van der Waals surface area contributed by atoms with Crippen molar-refractivity contribution in [2.75, 3.05) is 19.6 Å². The monoisotopic (exact) mass is 232 g/mol. The van der Waals surface area contributed by atoms with E-state index in [2.05, 4.69) is 49.6 Å². The molecule has 0 bridgehead atoms. The molecular weight excluding hydrogens is 208 g/mol. The van der Waals surface area contributed by atoms with Gasteiger partial charge in [0.15, 0.2) is 0 Å². The lowest BCUT2D eigenvalue weighted by Crippen LogP contribution is -2.27. The summed E-state index contributed by atoms with van der Waals surface area (Å²) in [6.07, 6.45) is 1.06. The van der Waals surface area contributed by atoms with Gasteiger partial charge >= 0.3 is 0 Å². The molecule has 1 rings (SSSR count). The van der Waals surface area contributed by atoms with Crippen molar-refractivity contribution in [2.45, 2.75) is 26.8 Å². The minimum Gasteiger partial charge on any atom is -0.326 e. The zero-order chi connectivity index (χ0) is 12.7. The SMILES string of the molecule is C=C(C)CN(CC)CCc1ccccc1CN. The summed E-state index contributed by atoms with van der Waals surface area (Å²) in [7, 11) is 0. The highest BCUT2D eigenvalue weighted by Crippen LogP contribution is 2.09. The van der Waals surface area contributed by atoms with Crippen molar-refractivity contribution in [1.29, 1.82) is 0 Å². The molecule has 0 aliphatic carbocycles. The second-order valence-corrected chi connectivity index (χ2v) is 4.55. The predicted molar refractivity (Wildman–Crippen MR) is 75.0 cm³/mol. The van der Waals surface area contributed by atoms with Crippen LogP contribution in [0.2, 0.25) is 0 Å². The second kappa shape index (κ2) is 7.25. The maximum atomic E-state index is 5.74. The van der Waals surface area contributed by atoms with Gasteiger partial charge in [-0.15, -0.1) is 0 Å². The van der Waals surface area contributed by atoms with Crippen molar-refractivity contribution in [2.24, 2.45) is 5.73 Å². The van der Waals surface area contributed by atoms with Crippen LogP contribution in [0.15, 0.2) is 36.4 Å².